The first-order chi connectivity index (χ1) is 19.5. The molecule has 40 heavy (non-hydrogen) atoms. The van der Waals surface area contributed by atoms with Crippen molar-refractivity contribution in [1.82, 2.24) is 10.3 Å². The van der Waals surface area contributed by atoms with Crippen LogP contribution in [0.4, 0.5) is 0 Å². The van der Waals surface area contributed by atoms with Gasteiger partial charge in [0.1, 0.15) is 0 Å². The molecule has 4 heteroatoms. The fourth-order valence-corrected chi connectivity index (χ4v) is 7.51. The normalized spacial score (nSPS) is 22.2. The number of rotatable bonds is 8. The lowest BCUT2D eigenvalue weighted by molar-refractivity contribution is 0.514. The highest BCUT2D eigenvalue weighted by molar-refractivity contribution is 6.24. The van der Waals surface area contributed by atoms with Gasteiger partial charge >= 0.3 is 0 Å². The Balaban J connectivity index is 1.86. The van der Waals surface area contributed by atoms with E-state index < -0.39 is 0 Å². The maximum atomic E-state index is 5.31. The zero-order valence-electron chi connectivity index (χ0n) is 26.0. The molecule has 0 aliphatic carbocycles. The van der Waals surface area contributed by atoms with Gasteiger partial charge in [-0.05, 0) is 115 Å². The molecule has 0 radical (unpaired) electrons. The monoisotopic (exact) mass is 536 g/mol. The van der Waals surface area contributed by atoms with Gasteiger partial charge in [-0.2, -0.15) is 0 Å². The van der Waals surface area contributed by atoms with E-state index in [1.807, 2.05) is 0 Å². The molecule has 1 aromatic heterocycles. The molecule has 4 nitrogen and oxygen atoms in total. The number of H-pyrrole nitrogens is 1. The lowest BCUT2D eigenvalue weighted by Gasteiger charge is -2.18. The maximum Gasteiger partial charge on any atom is 0.0694 e. The van der Waals surface area contributed by atoms with Crippen molar-refractivity contribution in [2.45, 2.75) is 113 Å². The Bertz CT molecular complexity index is 1540. The van der Waals surface area contributed by atoms with Crippen LogP contribution in [0.25, 0.3) is 12.2 Å². The fourth-order valence-electron chi connectivity index (χ4n) is 7.51. The smallest absolute Gasteiger partial charge is 0.0694 e. The van der Waals surface area contributed by atoms with Crippen molar-refractivity contribution in [3.63, 3.8) is 0 Å². The summed E-state index contributed by atoms with van der Waals surface area (Å²) in [5, 5.41) is 6.41. The van der Waals surface area contributed by atoms with Crippen molar-refractivity contribution in [2.75, 3.05) is 0 Å². The van der Waals surface area contributed by atoms with Crippen molar-refractivity contribution in [3.8, 4) is 0 Å². The second-order valence-electron chi connectivity index (χ2n) is 11.3. The van der Waals surface area contributed by atoms with Crippen molar-refractivity contribution in [1.29, 1.82) is 0 Å². The van der Waals surface area contributed by atoms with Crippen LogP contribution >= 0.6 is 0 Å². The van der Waals surface area contributed by atoms with Crippen LogP contribution in [-0.4, -0.2) is 22.4 Å². The summed E-state index contributed by atoms with van der Waals surface area (Å²) in [6.45, 7) is 18.3. The van der Waals surface area contributed by atoms with Gasteiger partial charge in [-0.1, -0.05) is 55.4 Å². The first-order valence-corrected chi connectivity index (χ1v) is 15.9. The summed E-state index contributed by atoms with van der Waals surface area (Å²) in [5.74, 6) is 0.472. The zero-order chi connectivity index (χ0) is 28.6. The molecule has 0 aromatic carbocycles. The number of hydrogen-bond donors (Lipinski definition) is 2. The van der Waals surface area contributed by atoms with Crippen LogP contribution < -0.4 is 16.0 Å². The number of aliphatic imine (C=N–C) groups is 2. The van der Waals surface area contributed by atoms with Crippen LogP contribution in [0.2, 0.25) is 0 Å². The molecule has 2 atom stereocenters. The van der Waals surface area contributed by atoms with E-state index in [0.717, 1.165) is 74.2 Å². The van der Waals surface area contributed by atoms with Gasteiger partial charge in [0.25, 0.3) is 0 Å². The van der Waals surface area contributed by atoms with E-state index >= 15 is 0 Å². The minimum atomic E-state index is 0.245. The van der Waals surface area contributed by atoms with Gasteiger partial charge in [0.05, 0.1) is 28.9 Å². The summed E-state index contributed by atoms with van der Waals surface area (Å²) in [5.41, 5.74) is 15.6. The predicted molar refractivity (Wildman–Crippen MR) is 172 cm³/mol. The third kappa shape index (κ3) is 4.63. The summed E-state index contributed by atoms with van der Waals surface area (Å²) in [6.07, 6.45) is 17.5. The molecule has 212 valence electrons. The third-order valence-corrected chi connectivity index (χ3v) is 9.40. The standard InChI is InChI=1S/C36H48N4/c1-9-21-22(10-2)30-18-32-25(13-5)26(14-6)34(39-32)20-36-28(16-8)27(15-7)35(40-36)19-33-24(12-4)23(11-3)31(38-33)17-29(21)37-30/h17-21,29,37,39H,9-16H2,1-8H3. The Labute approximate surface area is 241 Å². The molecule has 5 heterocycles. The highest BCUT2D eigenvalue weighted by atomic mass is 15.0. The molecule has 0 fully saturated rings. The van der Waals surface area contributed by atoms with Crippen LogP contribution in [0.15, 0.2) is 67.1 Å². The summed E-state index contributed by atoms with van der Waals surface area (Å²) in [4.78, 5) is 14.5. The molecule has 4 aliphatic rings. The molecular formula is C36H48N4. The Morgan fingerprint density at radius 3 is 1.70 bits per heavy atom. The van der Waals surface area contributed by atoms with E-state index in [0.29, 0.717) is 5.92 Å². The zero-order valence-corrected chi connectivity index (χ0v) is 26.0. The van der Waals surface area contributed by atoms with Crippen LogP contribution in [0.5, 0.6) is 0 Å². The molecule has 0 amide bonds. The van der Waals surface area contributed by atoms with Crippen molar-refractivity contribution in [3.05, 3.63) is 78.9 Å². The SMILES string of the molecule is CCC1=C(CC)C2=NC1=CC1NC(=C(CC)C1CC)C=c1[nH]c(c(CC)c1CC)=CC1=NC(=C2)C(CC)=C1CC. The minimum Gasteiger partial charge on any atom is -0.378 e. The van der Waals surface area contributed by atoms with Crippen molar-refractivity contribution in [2.24, 2.45) is 15.9 Å². The molecule has 2 N–H and O–H groups in total. The molecule has 0 saturated heterocycles. The van der Waals surface area contributed by atoms with E-state index in [4.69, 9.17) is 9.98 Å². The van der Waals surface area contributed by atoms with Gasteiger partial charge in [-0.25, -0.2) is 9.98 Å². The third-order valence-electron chi connectivity index (χ3n) is 9.40. The van der Waals surface area contributed by atoms with Crippen molar-refractivity contribution < 1.29 is 0 Å². The van der Waals surface area contributed by atoms with Crippen molar-refractivity contribution >= 4 is 23.6 Å². The molecule has 2 unspecified atom stereocenters. The lowest BCUT2D eigenvalue weighted by Crippen LogP contribution is -2.27. The molecule has 5 rings (SSSR count). The maximum absolute atomic E-state index is 5.31. The summed E-state index contributed by atoms with van der Waals surface area (Å²) in [7, 11) is 0. The topological polar surface area (TPSA) is 52.5 Å². The fraction of sp³-hybridized carbons (Fsp3) is 0.500. The van der Waals surface area contributed by atoms with Crippen LogP contribution in [0.3, 0.4) is 0 Å². The Morgan fingerprint density at radius 2 is 1.15 bits per heavy atom. The van der Waals surface area contributed by atoms with E-state index in [9.17, 15) is 0 Å². The molecule has 0 saturated carbocycles. The summed E-state index contributed by atoms with van der Waals surface area (Å²) in [6, 6.07) is 0.245. The summed E-state index contributed by atoms with van der Waals surface area (Å²) < 4.78 is 0. The van der Waals surface area contributed by atoms with E-state index in [1.54, 1.807) is 0 Å². The molecule has 0 spiro atoms. The van der Waals surface area contributed by atoms with E-state index in [2.05, 4.69) is 90.0 Å². The number of hydrogen-bond acceptors (Lipinski definition) is 3. The molecule has 1 aromatic rings. The van der Waals surface area contributed by atoms with Crippen LogP contribution in [-0.2, 0) is 12.8 Å². The predicted octanol–water partition coefficient (Wildman–Crippen LogP) is 7.29. The number of allylic oxidation sites excluding steroid dienone is 6. The Morgan fingerprint density at radius 1 is 0.600 bits per heavy atom. The number of fused-ring (bicyclic) bond motifs is 6. The van der Waals surface area contributed by atoms with E-state index in [-0.39, 0.29) is 6.04 Å². The summed E-state index contributed by atoms with van der Waals surface area (Å²) >= 11 is 0. The highest BCUT2D eigenvalue weighted by Crippen LogP contribution is 2.38. The number of aromatic nitrogens is 1. The van der Waals surface area contributed by atoms with E-state index in [1.165, 1.54) is 55.4 Å². The van der Waals surface area contributed by atoms with Gasteiger partial charge in [-0.15, -0.1) is 0 Å². The average molecular weight is 537 g/mol. The number of nitrogens with one attached hydrogen (secondary N) is 2. The van der Waals surface area contributed by atoms with Gasteiger partial charge in [0.2, 0.25) is 0 Å². The first-order valence-electron chi connectivity index (χ1n) is 15.9. The Kier molecular flexibility index (Phi) is 8.35. The molecule has 8 bridgehead atoms. The second kappa shape index (κ2) is 11.8. The first kappa shape index (κ1) is 28.4. The highest BCUT2D eigenvalue weighted by Gasteiger charge is 2.32. The van der Waals surface area contributed by atoms with Crippen LogP contribution in [0.1, 0.15) is 105 Å². The number of aromatic amines is 1. The van der Waals surface area contributed by atoms with Gasteiger partial charge in [0.15, 0.2) is 0 Å². The van der Waals surface area contributed by atoms with Gasteiger partial charge < -0.3 is 10.3 Å². The Hall–Kier alpha value is -3.14. The quantitative estimate of drug-likeness (QED) is 0.360. The second-order valence-corrected chi connectivity index (χ2v) is 11.3. The average Bonchev–Trinajstić information content (AvgIpc) is 3.67. The molecular weight excluding hydrogens is 488 g/mol. The van der Waals surface area contributed by atoms with Crippen LogP contribution in [0, 0.1) is 5.92 Å². The van der Waals surface area contributed by atoms with Gasteiger partial charge in [-0.3, -0.25) is 0 Å². The molecule has 4 aliphatic heterocycles. The largest absolute Gasteiger partial charge is 0.378 e. The number of nitrogens with zero attached hydrogens (tertiary/aromatic N) is 2. The lowest BCUT2D eigenvalue weighted by atomic mass is 9.88. The minimum absolute atomic E-state index is 0.245. The van der Waals surface area contributed by atoms with Gasteiger partial charge in [0, 0.05) is 22.3 Å².